The molecule has 1 amide bonds. The Morgan fingerprint density at radius 1 is 1.18 bits per heavy atom. The molecule has 0 bridgehead atoms. The first-order valence-electron chi connectivity index (χ1n) is 8.37. The van der Waals surface area contributed by atoms with E-state index >= 15 is 0 Å². The number of ether oxygens (including phenoxy) is 3. The van der Waals surface area contributed by atoms with Crippen molar-refractivity contribution in [3.63, 3.8) is 0 Å². The van der Waals surface area contributed by atoms with Crippen molar-refractivity contribution in [1.82, 2.24) is 15.1 Å². The van der Waals surface area contributed by atoms with Gasteiger partial charge in [0.05, 0.1) is 5.02 Å². The number of benzene rings is 2. The van der Waals surface area contributed by atoms with Crippen molar-refractivity contribution in [2.75, 3.05) is 6.79 Å². The predicted molar refractivity (Wildman–Crippen MR) is 103 cm³/mol. The molecule has 1 aliphatic heterocycles. The summed E-state index contributed by atoms with van der Waals surface area (Å²) in [6, 6.07) is 12.2. The molecule has 7 nitrogen and oxygen atoms in total. The van der Waals surface area contributed by atoms with Gasteiger partial charge in [-0.2, -0.15) is 5.10 Å². The maximum absolute atomic E-state index is 12.3. The number of amides is 1. The minimum atomic E-state index is -0.294. The Bertz CT molecular complexity index is 1020. The fraction of sp³-hybridized carbons (Fsp3) is 0.158. The maximum Gasteiger partial charge on any atom is 0.272 e. The molecule has 1 aromatic heterocycles. The second-order valence-electron chi connectivity index (χ2n) is 5.94. The first kappa shape index (κ1) is 18.5. The van der Waals surface area contributed by atoms with E-state index in [-0.39, 0.29) is 25.1 Å². The number of hydrogen-bond acceptors (Lipinski definition) is 5. The number of nitrogens with one attached hydrogen (secondary N) is 1. The zero-order valence-electron chi connectivity index (χ0n) is 14.5. The number of nitrogens with zero attached hydrogens (tertiary/aromatic N) is 2. The van der Waals surface area contributed by atoms with Gasteiger partial charge in [-0.05, 0) is 35.9 Å². The highest BCUT2D eigenvalue weighted by atomic mass is 35.5. The molecule has 0 atom stereocenters. The molecular formula is C19H15Cl2N3O4. The van der Waals surface area contributed by atoms with E-state index in [1.54, 1.807) is 30.5 Å². The standard InChI is InChI=1S/C19H15Cl2N3O4/c20-13-2-1-3-16(18(13)21)26-10-24-7-6-14(23-24)19(25)22-9-12-4-5-15-17(8-12)28-11-27-15/h1-8H,9-11H2,(H,22,25). The third-order valence-corrected chi connectivity index (χ3v) is 4.83. The molecule has 0 unspecified atom stereocenters. The molecule has 2 aromatic carbocycles. The number of carbonyl (C=O) groups is 1. The van der Waals surface area contributed by atoms with Crippen LogP contribution in [0.15, 0.2) is 48.7 Å². The summed E-state index contributed by atoms with van der Waals surface area (Å²) in [5.41, 5.74) is 1.18. The zero-order valence-corrected chi connectivity index (χ0v) is 16.0. The van der Waals surface area contributed by atoms with Crippen LogP contribution in [0.5, 0.6) is 17.2 Å². The van der Waals surface area contributed by atoms with Gasteiger partial charge in [-0.3, -0.25) is 4.79 Å². The number of carbonyl (C=O) groups excluding carboxylic acids is 1. The van der Waals surface area contributed by atoms with Crippen molar-refractivity contribution in [3.05, 3.63) is 70.0 Å². The molecule has 0 saturated carbocycles. The molecule has 28 heavy (non-hydrogen) atoms. The SMILES string of the molecule is O=C(NCc1ccc2c(c1)OCO2)c1ccn(COc2cccc(Cl)c2Cl)n1. The molecule has 2 heterocycles. The quantitative estimate of drug-likeness (QED) is 0.655. The van der Waals surface area contributed by atoms with Gasteiger partial charge in [0.25, 0.3) is 5.91 Å². The van der Waals surface area contributed by atoms with Crippen molar-refractivity contribution in [1.29, 1.82) is 0 Å². The Balaban J connectivity index is 1.33. The largest absolute Gasteiger partial charge is 0.470 e. The second-order valence-corrected chi connectivity index (χ2v) is 6.72. The Morgan fingerprint density at radius 2 is 2.04 bits per heavy atom. The molecule has 0 radical (unpaired) electrons. The van der Waals surface area contributed by atoms with E-state index < -0.39 is 0 Å². The van der Waals surface area contributed by atoms with E-state index in [9.17, 15) is 4.79 Å². The van der Waals surface area contributed by atoms with E-state index in [1.807, 2.05) is 18.2 Å². The van der Waals surface area contributed by atoms with Crippen LogP contribution in [0.1, 0.15) is 16.1 Å². The Hall–Kier alpha value is -2.90. The number of rotatable bonds is 6. The lowest BCUT2D eigenvalue weighted by molar-refractivity contribution is 0.0943. The Labute approximate surface area is 170 Å². The molecule has 0 saturated heterocycles. The van der Waals surface area contributed by atoms with E-state index in [4.69, 9.17) is 37.4 Å². The monoisotopic (exact) mass is 419 g/mol. The molecule has 4 rings (SSSR count). The summed E-state index contributed by atoms with van der Waals surface area (Å²) in [6.07, 6.45) is 1.65. The van der Waals surface area contributed by atoms with Crippen molar-refractivity contribution < 1.29 is 19.0 Å². The smallest absolute Gasteiger partial charge is 0.272 e. The van der Waals surface area contributed by atoms with Crippen LogP contribution >= 0.6 is 23.2 Å². The third kappa shape index (κ3) is 4.00. The van der Waals surface area contributed by atoms with Crippen LogP contribution in [0.4, 0.5) is 0 Å². The molecule has 0 fully saturated rings. The van der Waals surface area contributed by atoms with E-state index in [2.05, 4.69) is 10.4 Å². The normalized spacial score (nSPS) is 12.1. The average Bonchev–Trinajstić information content (AvgIpc) is 3.36. The van der Waals surface area contributed by atoms with Crippen LogP contribution in [-0.2, 0) is 13.3 Å². The summed E-state index contributed by atoms with van der Waals surface area (Å²) in [5, 5.41) is 7.76. The molecular weight excluding hydrogens is 405 g/mol. The van der Waals surface area contributed by atoms with Crippen LogP contribution in [0.2, 0.25) is 10.0 Å². The van der Waals surface area contributed by atoms with Crippen LogP contribution in [0.3, 0.4) is 0 Å². The van der Waals surface area contributed by atoms with Gasteiger partial charge in [0.1, 0.15) is 16.5 Å². The lowest BCUT2D eigenvalue weighted by Gasteiger charge is -2.08. The van der Waals surface area contributed by atoms with Gasteiger partial charge in [0.2, 0.25) is 6.79 Å². The third-order valence-electron chi connectivity index (χ3n) is 4.03. The average molecular weight is 420 g/mol. The predicted octanol–water partition coefficient (Wildman–Crippen LogP) is 3.89. The summed E-state index contributed by atoms with van der Waals surface area (Å²) < 4.78 is 17.7. The highest BCUT2D eigenvalue weighted by molar-refractivity contribution is 6.42. The highest BCUT2D eigenvalue weighted by Crippen LogP contribution is 2.33. The number of halogens is 2. The number of hydrogen-bond donors (Lipinski definition) is 1. The highest BCUT2D eigenvalue weighted by Gasteiger charge is 2.14. The van der Waals surface area contributed by atoms with Crippen LogP contribution in [0.25, 0.3) is 0 Å². The molecule has 0 spiro atoms. The molecule has 1 N–H and O–H groups in total. The van der Waals surface area contributed by atoms with Crippen LogP contribution in [-0.4, -0.2) is 22.5 Å². The summed E-state index contributed by atoms with van der Waals surface area (Å²) in [6.45, 7) is 0.650. The first-order chi connectivity index (χ1) is 13.6. The summed E-state index contributed by atoms with van der Waals surface area (Å²) >= 11 is 12.0. The van der Waals surface area contributed by atoms with E-state index in [0.717, 1.165) is 5.56 Å². The summed E-state index contributed by atoms with van der Waals surface area (Å²) in [5.74, 6) is 1.53. The number of fused-ring (bicyclic) bond motifs is 1. The van der Waals surface area contributed by atoms with Crippen molar-refractivity contribution >= 4 is 29.1 Å². The van der Waals surface area contributed by atoms with Gasteiger partial charge < -0.3 is 19.5 Å². The van der Waals surface area contributed by atoms with Crippen molar-refractivity contribution in [3.8, 4) is 17.2 Å². The van der Waals surface area contributed by atoms with E-state index in [0.29, 0.717) is 33.8 Å². The lowest BCUT2D eigenvalue weighted by Crippen LogP contribution is -2.23. The molecule has 1 aliphatic rings. The van der Waals surface area contributed by atoms with Gasteiger partial charge in [0.15, 0.2) is 18.2 Å². The van der Waals surface area contributed by atoms with Gasteiger partial charge in [-0.15, -0.1) is 0 Å². The van der Waals surface area contributed by atoms with Crippen LogP contribution < -0.4 is 19.5 Å². The summed E-state index contributed by atoms with van der Waals surface area (Å²) in [7, 11) is 0. The topological polar surface area (TPSA) is 74.6 Å². The Kier molecular flexibility index (Phi) is 5.27. The lowest BCUT2D eigenvalue weighted by atomic mass is 10.2. The number of aromatic nitrogens is 2. The van der Waals surface area contributed by atoms with Gasteiger partial charge in [0, 0.05) is 12.7 Å². The maximum atomic E-state index is 12.3. The molecule has 9 heteroatoms. The first-order valence-corrected chi connectivity index (χ1v) is 9.13. The van der Waals surface area contributed by atoms with E-state index in [1.165, 1.54) is 4.68 Å². The van der Waals surface area contributed by atoms with Crippen LogP contribution in [0, 0.1) is 0 Å². The van der Waals surface area contributed by atoms with Crippen molar-refractivity contribution in [2.45, 2.75) is 13.3 Å². The minimum absolute atomic E-state index is 0.0928. The van der Waals surface area contributed by atoms with Gasteiger partial charge >= 0.3 is 0 Å². The summed E-state index contributed by atoms with van der Waals surface area (Å²) in [4.78, 5) is 12.3. The molecule has 144 valence electrons. The fourth-order valence-corrected chi connectivity index (χ4v) is 2.96. The van der Waals surface area contributed by atoms with Gasteiger partial charge in [-0.25, -0.2) is 4.68 Å². The van der Waals surface area contributed by atoms with Gasteiger partial charge in [-0.1, -0.05) is 35.3 Å². The Morgan fingerprint density at radius 3 is 2.93 bits per heavy atom. The zero-order chi connectivity index (χ0) is 19.5. The van der Waals surface area contributed by atoms with Crippen molar-refractivity contribution in [2.24, 2.45) is 0 Å². The second kappa shape index (κ2) is 8.00. The minimum Gasteiger partial charge on any atom is -0.470 e. The molecule has 3 aromatic rings. The fourth-order valence-electron chi connectivity index (χ4n) is 2.61. The molecule has 0 aliphatic carbocycles.